The van der Waals surface area contributed by atoms with E-state index >= 15 is 0 Å². The number of amides is 1. The highest BCUT2D eigenvalue weighted by Crippen LogP contribution is 2.28. The van der Waals surface area contributed by atoms with Crippen LogP contribution >= 0.6 is 0 Å². The molecule has 1 saturated heterocycles. The molecule has 134 valence electrons. The number of benzene rings is 1. The number of rotatable bonds is 4. The largest absolute Gasteiger partial charge is 0.376 e. The topological polar surface area (TPSA) is 77.2 Å². The molecule has 1 aliphatic rings. The van der Waals surface area contributed by atoms with Gasteiger partial charge in [0.1, 0.15) is 5.82 Å². The van der Waals surface area contributed by atoms with Crippen molar-refractivity contribution >= 4 is 17.0 Å². The van der Waals surface area contributed by atoms with Gasteiger partial charge in [0.2, 0.25) is 0 Å². The molecule has 3 heterocycles. The molecular formula is C19H18FN3O3. The third-order valence-electron chi connectivity index (χ3n) is 4.62. The number of pyridine rings is 1. The van der Waals surface area contributed by atoms with E-state index in [1.54, 1.807) is 25.1 Å². The first kappa shape index (κ1) is 16.7. The summed E-state index contributed by atoms with van der Waals surface area (Å²) in [6.07, 6.45) is 3.09. The van der Waals surface area contributed by atoms with E-state index in [9.17, 15) is 9.18 Å². The average molecular weight is 355 g/mol. The fourth-order valence-corrected chi connectivity index (χ4v) is 3.22. The summed E-state index contributed by atoms with van der Waals surface area (Å²) < 4.78 is 24.1. The zero-order valence-electron chi connectivity index (χ0n) is 14.2. The van der Waals surface area contributed by atoms with Crippen molar-refractivity contribution in [2.24, 2.45) is 0 Å². The van der Waals surface area contributed by atoms with Crippen LogP contribution in [0.3, 0.4) is 0 Å². The Labute approximate surface area is 149 Å². The van der Waals surface area contributed by atoms with Crippen LogP contribution in [0.2, 0.25) is 0 Å². The van der Waals surface area contributed by atoms with Crippen molar-refractivity contribution in [1.82, 2.24) is 15.5 Å². The second-order valence-electron chi connectivity index (χ2n) is 6.40. The second-order valence-corrected chi connectivity index (χ2v) is 6.40. The van der Waals surface area contributed by atoms with Crippen LogP contribution in [-0.4, -0.2) is 28.8 Å². The zero-order chi connectivity index (χ0) is 18.1. The molecule has 0 unspecified atom stereocenters. The number of halogens is 1. The van der Waals surface area contributed by atoms with Gasteiger partial charge in [-0.05, 0) is 43.5 Å². The van der Waals surface area contributed by atoms with Crippen molar-refractivity contribution in [3.63, 3.8) is 0 Å². The fourth-order valence-electron chi connectivity index (χ4n) is 3.22. The third-order valence-corrected chi connectivity index (χ3v) is 4.62. The number of hydrogen-bond donors (Lipinski definition) is 1. The zero-order valence-corrected chi connectivity index (χ0v) is 14.2. The Balaban J connectivity index is 1.62. The van der Waals surface area contributed by atoms with Crippen LogP contribution in [0.4, 0.5) is 4.39 Å². The predicted molar refractivity (Wildman–Crippen MR) is 92.1 cm³/mol. The van der Waals surface area contributed by atoms with Crippen LogP contribution in [0.5, 0.6) is 0 Å². The van der Waals surface area contributed by atoms with Crippen molar-refractivity contribution in [2.75, 3.05) is 6.61 Å². The molecule has 0 spiro atoms. The minimum Gasteiger partial charge on any atom is -0.376 e. The highest BCUT2D eigenvalue weighted by Gasteiger charge is 2.29. The molecule has 3 aromatic rings. The first-order valence-corrected chi connectivity index (χ1v) is 8.52. The van der Waals surface area contributed by atoms with Gasteiger partial charge in [-0.3, -0.25) is 4.79 Å². The van der Waals surface area contributed by atoms with Gasteiger partial charge in [-0.15, -0.1) is 0 Å². The molecule has 2 atom stereocenters. The second kappa shape index (κ2) is 6.84. The summed E-state index contributed by atoms with van der Waals surface area (Å²) >= 11 is 0. The fraction of sp³-hybridized carbons (Fsp3) is 0.316. The van der Waals surface area contributed by atoms with Gasteiger partial charge in [0, 0.05) is 12.8 Å². The van der Waals surface area contributed by atoms with Crippen molar-refractivity contribution in [1.29, 1.82) is 0 Å². The van der Waals surface area contributed by atoms with E-state index in [4.69, 9.17) is 9.26 Å². The highest BCUT2D eigenvalue weighted by molar-refractivity contribution is 5.97. The monoisotopic (exact) mass is 355 g/mol. The molecule has 1 aliphatic heterocycles. The van der Waals surface area contributed by atoms with Gasteiger partial charge in [-0.1, -0.05) is 17.3 Å². The molecule has 2 aromatic heterocycles. The molecule has 0 saturated carbocycles. The van der Waals surface area contributed by atoms with Crippen LogP contribution in [0.25, 0.3) is 11.1 Å². The number of ether oxygens (including phenoxy) is 1. The lowest BCUT2D eigenvalue weighted by Gasteiger charge is -2.24. The van der Waals surface area contributed by atoms with E-state index in [0.717, 1.165) is 18.4 Å². The summed E-state index contributed by atoms with van der Waals surface area (Å²) in [7, 11) is 0. The van der Waals surface area contributed by atoms with E-state index in [2.05, 4.69) is 15.5 Å². The van der Waals surface area contributed by atoms with Gasteiger partial charge in [0.05, 0.1) is 28.8 Å². The maximum Gasteiger partial charge on any atom is 0.257 e. The van der Waals surface area contributed by atoms with Gasteiger partial charge >= 0.3 is 0 Å². The quantitative estimate of drug-likeness (QED) is 0.777. The molecule has 1 N–H and O–H groups in total. The van der Waals surface area contributed by atoms with Crippen molar-refractivity contribution in [3.8, 4) is 0 Å². The third kappa shape index (κ3) is 3.17. The van der Waals surface area contributed by atoms with E-state index < -0.39 is 0 Å². The molecule has 1 aromatic carbocycles. The summed E-state index contributed by atoms with van der Waals surface area (Å²) in [4.78, 5) is 16.9. The molecule has 6 nitrogen and oxygen atoms in total. The summed E-state index contributed by atoms with van der Waals surface area (Å²) in [5.41, 5.74) is 2.29. The number of hydrogen-bond acceptors (Lipinski definition) is 5. The number of carbonyl (C=O) groups is 1. The Morgan fingerprint density at radius 3 is 2.88 bits per heavy atom. The number of carbonyl (C=O) groups excluding carboxylic acids is 1. The first-order chi connectivity index (χ1) is 12.6. The van der Waals surface area contributed by atoms with Crippen molar-refractivity contribution < 1.29 is 18.4 Å². The number of aromatic nitrogens is 2. The van der Waals surface area contributed by atoms with E-state index in [1.165, 1.54) is 18.3 Å². The lowest BCUT2D eigenvalue weighted by atomic mass is 9.98. The number of nitrogens with zero attached hydrogens (tertiary/aromatic N) is 2. The number of nitrogens with one attached hydrogen (secondary N) is 1. The summed E-state index contributed by atoms with van der Waals surface area (Å²) in [5, 5.41) is 7.56. The van der Waals surface area contributed by atoms with Crippen LogP contribution in [-0.2, 0) is 4.74 Å². The first-order valence-electron chi connectivity index (χ1n) is 8.52. The molecule has 7 heteroatoms. The van der Waals surface area contributed by atoms with E-state index in [0.29, 0.717) is 29.0 Å². The minimum atomic E-state index is -0.357. The Kier molecular flexibility index (Phi) is 4.38. The summed E-state index contributed by atoms with van der Waals surface area (Å²) in [6, 6.07) is 7.47. The Bertz CT molecular complexity index is 933. The van der Waals surface area contributed by atoms with Gasteiger partial charge in [-0.2, -0.15) is 0 Å². The van der Waals surface area contributed by atoms with Crippen molar-refractivity contribution in [3.05, 3.63) is 59.2 Å². The van der Waals surface area contributed by atoms with Gasteiger partial charge < -0.3 is 14.6 Å². The summed E-state index contributed by atoms with van der Waals surface area (Å²) in [5.74, 6) is -0.589. The molecule has 0 aliphatic carbocycles. The maximum absolute atomic E-state index is 13.3. The molecule has 4 rings (SSSR count). The Morgan fingerprint density at radius 1 is 1.35 bits per heavy atom. The molecule has 26 heavy (non-hydrogen) atoms. The van der Waals surface area contributed by atoms with Crippen LogP contribution in [0.15, 0.2) is 41.1 Å². The molecular weight excluding hydrogens is 337 g/mol. The lowest BCUT2D eigenvalue weighted by Crippen LogP contribution is -2.36. The van der Waals surface area contributed by atoms with Gasteiger partial charge in [-0.25, -0.2) is 9.37 Å². The van der Waals surface area contributed by atoms with Crippen LogP contribution < -0.4 is 5.32 Å². The number of fused-ring (bicyclic) bond motifs is 1. The van der Waals surface area contributed by atoms with E-state index in [1.807, 2.05) is 0 Å². The Hall–Kier alpha value is -2.80. The molecule has 0 bridgehead atoms. The number of aryl methyl sites for hydroxylation is 1. The van der Waals surface area contributed by atoms with Crippen LogP contribution in [0, 0.1) is 12.7 Å². The van der Waals surface area contributed by atoms with E-state index in [-0.39, 0.29) is 23.9 Å². The standard InChI is InChI=1S/C19H18FN3O3/c1-11-15-9-13(10-21-19(15)26-23-11)18(24)22-17(16-3-2-8-25-16)12-4-6-14(20)7-5-12/h4-7,9-10,16-17H,2-3,8H2,1H3,(H,22,24)/t16-,17+/m0/s1. The average Bonchev–Trinajstić information content (AvgIpc) is 3.30. The smallest absolute Gasteiger partial charge is 0.257 e. The van der Waals surface area contributed by atoms with Crippen LogP contribution in [0.1, 0.15) is 40.5 Å². The SMILES string of the molecule is Cc1noc2ncc(C(=O)N[C@H](c3ccc(F)cc3)[C@@H]3CCCO3)cc12. The minimum absolute atomic E-state index is 0.140. The maximum atomic E-state index is 13.3. The summed E-state index contributed by atoms with van der Waals surface area (Å²) in [6.45, 7) is 2.45. The van der Waals surface area contributed by atoms with Gasteiger partial charge in [0.25, 0.3) is 11.6 Å². The Morgan fingerprint density at radius 2 is 2.15 bits per heavy atom. The predicted octanol–water partition coefficient (Wildman–Crippen LogP) is 3.32. The normalized spacial score (nSPS) is 18.2. The molecule has 1 amide bonds. The lowest BCUT2D eigenvalue weighted by molar-refractivity contribution is 0.0672. The highest BCUT2D eigenvalue weighted by atomic mass is 19.1. The van der Waals surface area contributed by atoms with Gasteiger partial charge in [0.15, 0.2) is 0 Å². The molecule has 1 fully saturated rings. The van der Waals surface area contributed by atoms with Crippen molar-refractivity contribution in [2.45, 2.75) is 31.9 Å². The molecule has 0 radical (unpaired) electrons.